The van der Waals surface area contributed by atoms with Gasteiger partial charge in [0.15, 0.2) is 0 Å². The Morgan fingerprint density at radius 3 is 2.65 bits per heavy atom. The van der Waals surface area contributed by atoms with Gasteiger partial charge >= 0.3 is 0 Å². The van der Waals surface area contributed by atoms with Crippen LogP contribution in [0.25, 0.3) is 0 Å². The highest BCUT2D eigenvalue weighted by Gasteiger charge is 2.19. The van der Waals surface area contributed by atoms with Crippen LogP contribution in [0.2, 0.25) is 5.02 Å². The van der Waals surface area contributed by atoms with Crippen LogP contribution in [0.15, 0.2) is 18.2 Å². The van der Waals surface area contributed by atoms with Crippen molar-refractivity contribution < 1.29 is 4.79 Å². The second-order valence-corrected chi connectivity index (χ2v) is 4.36. The zero-order valence-electron chi connectivity index (χ0n) is 9.70. The van der Waals surface area contributed by atoms with Gasteiger partial charge in [0.1, 0.15) is 0 Å². The van der Waals surface area contributed by atoms with E-state index in [0.717, 1.165) is 37.3 Å². The Morgan fingerprint density at radius 2 is 2.00 bits per heavy atom. The molecule has 0 saturated carbocycles. The minimum atomic E-state index is 0. The zero-order valence-corrected chi connectivity index (χ0v) is 11.3. The second-order valence-electron chi connectivity index (χ2n) is 3.95. The largest absolute Gasteiger partial charge is 0.336 e. The van der Waals surface area contributed by atoms with Gasteiger partial charge in [0.2, 0.25) is 0 Å². The van der Waals surface area contributed by atoms with Crippen LogP contribution >= 0.6 is 24.0 Å². The van der Waals surface area contributed by atoms with Crippen LogP contribution in [0.4, 0.5) is 0 Å². The first-order valence-corrected chi connectivity index (χ1v) is 5.83. The standard InChI is InChI=1S/C12H15ClN2O.ClH/c1-9-10(3-2-4-11(9)13)12(16)15-7-5-14-6-8-15;/h2-4,14H,5-8H2,1H3;1H. The molecule has 5 heteroatoms. The van der Waals surface area contributed by atoms with Crippen molar-refractivity contribution in [2.75, 3.05) is 26.2 Å². The summed E-state index contributed by atoms with van der Waals surface area (Å²) in [4.78, 5) is 14.1. The van der Waals surface area contributed by atoms with Crippen molar-refractivity contribution in [2.45, 2.75) is 6.92 Å². The third-order valence-electron chi connectivity index (χ3n) is 2.90. The van der Waals surface area contributed by atoms with E-state index in [-0.39, 0.29) is 18.3 Å². The van der Waals surface area contributed by atoms with Crippen molar-refractivity contribution in [2.24, 2.45) is 0 Å². The maximum Gasteiger partial charge on any atom is 0.254 e. The molecule has 94 valence electrons. The predicted molar refractivity (Wildman–Crippen MR) is 72.2 cm³/mol. The first kappa shape index (κ1) is 14.3. The maximum atomic E-state index is 12.2. The van der Waals surface area contributed by atoms with Crippen LogP contribution in [0.5, 0.6) is 0 Å². The van der Waals surface area contributed by atoms with Gasteiger partial charge in [0, 0.05) is 36.8 Å². The maximum absolute atomic E-state index is 12.2. The number of carbonyl (C=O) groups excluding carboxylic acids is 1. The number of nitrogens with zero attached hydrogens (tertiary/aromatic N) is 1. The number of hydrogen-bond donors (Lipinski definition) is 1. The number of nitrogens with one attached hydrogen (secondary N) is 1. The summed E-state index contributed by atoms with van der Waals surface area (Å²) in [5, 5.41) is 3.88. The third kappa shape index (κ3) is 3.12. The molecule has 1 aromatic rings. The van der Waals surface area contributed by atoms with Crippen LogP contribution in [-0.2, 0) is 0 Å². The van der Waals surface area contributed by atoms with Crippen molar-refractivity contribution >= 4 is 29.9 Å². The monoisotopic (exact) mass is 274 g/mol. The summed E-state index contributed by atoms with van der Waals surface area (Å²) in [6.45, 7) is 5.16. The number of piperazine rings is 1. The van der Waals surface area contributed by atoms with Gasteiger partial charge in [-0.15, -0.1) is 12.4 Å². The first-order chi connectivity index (χ1) is 7.70. The molecule has 1 aliphatic rings. The van der Waals surface area contributed by atoms with Crippen molar-refractivity contribution in [3.05, 3.63) is 34.3 Å². The van der Waals surface area contributed by atoms with E-state index in [0.29, 0.717) is 5.02 Å². The predicted octanol–water partition coefficient (Wildman–Crippen LogP) is 2.12. The molecule has 0 spiro atoms. The van der Waals surface area contributed by atoms with E-state index in [4.69, 9.17) is 11.6 Å². The highest BCUT2D eigenvalue weighted by Crippen LogP contribution is 2.20. The van der Waals surface area contributed by atoms with Crippen LogP contribution in [0, 0.1) is 6.92 Å². The Kier molecular flexibility index (Phi) is 5.25. The number of rotatable bonds is 1. The SMILES string of the molecule is Cc1c(Cl)cccc1C(=O)N1CCNCC1.Cl. The van der Waals surface area contributed by atoms with Crippen molar-refractivity contribution in [3.8, 4) is 0 Å². The van der Waals surface area contributed by atoms with E-state index in [1.807, 2.05) is 30.0 Å². The molecular weight excluding hydrogens is 259 g/mol. The van der Waals surface area contributed by atoms with E-state index >= 15 is 0 Å². The minimum absolute atomic E-state index is 0. The molecule has 1 aromatic carbocycles. The highest BCUT2D eigenvalue weighted by molar-refractivity contribution is 6.31. The molecule has 1 aliphatic heterocycles. The van der Waals surface area contributed by atoms with Crippen LogP contribution in [0.3, 0.4) is 0 Å². The lowest BCUT2D eigenvalue weighted by Crippen LogP contribution is -2.46. The van der Waals surface area contributed by atoms with Gasteiger partial charge in [-0.25, -0.2) is 0 Å². The minimum Gasteiger partial charge on any atom is -0.336 e. The summed E-state index contributed by atoms with van der Waals surface area (Å²) in [7, 11) is 0. The molecule has 17 heavy (non-hydrogen) atoms. The van der Waals surface area contributed by atoms with Gasteiger partial charge in [0.25, 0.3) is 5.91 Å². The van der Waals surface area contributed by atoms with Gasteiger partial charge in [-0.3, -0.25) is 4.79 Å². The van der Waals surface area contributed by atoms with Gasteiger partial charge in [-0.1, -0.05) is 17.7 Å². The fraction of sp³-hybridized carbons (Fsp3) is 0.417. The molecule has 0 radical (unpaired) electrons. The van der Waals surface area contributed by atoms with E-state index in [2.05, 4.69) is 5.32 Å². The Balaban J connectivity index is 0.00000144. The van der Waals surface area contributed by atoms with Gasteiger partial charge < -0.3 is 10.2 Å². The Morgan fingerprint density at radius 1 is 1.35 bits per heavy atom. The van der Waals surface area contributed by atoms with Crippen molar-refractivity contribution in [3.63, 3.8) is 0 Å². The average molecular weight is 275 g/mol. The molecule has 1 fully saturated rings. The number of benzene rings is 1. The molecule has 0 aromatic heterocycles. The Hall–Kier alpha value is -0.770. The number of amides is 1. The van der Waals surface area contributed by atoms with E-state index in [1.165, 1.54) is 0 Å². The summed E-state index contributed by atoms with van der Waals surface area (Å²) in [5.41, 5.74) is 1.59. The zero-order chi connectivity index (χ0) is 11.5. The van der Waals surface area contributed by atoms with Crippen LogP contribution in [0.1, 0.15) is 15.9 Å². The first-order valence-electron chi connectivity index (χ1n) is 5.45. The molecule has 1 heterocycles. The summed E-state index contributed by atoms with van der Waals surface area (Å²) in [5.74, 6) is 0.0847. The van der Waals surface area contributed by atoms with E-state index < -0.39 is 0 Å². The lowest BCUT2D eigenvalue weighted by atomic mass is 10.1. The Bertz CT molecular complexity index is 403. The summed E-state index contributed by atoms with van der Waals surface area (Å²) in [6, 6.07) is 5.47. The fourth-order valence-electron chi connectivity index (χ4n) is 1.88. The lowest BCUT2D eigenvalue weighted by molar-refractivity contribution is 0.0735. The molecular formula is C12H16Cl2N2O. The normalized spacial score (nSPS) is 15.3. The molecule has 2 rings (SSSR count). The topological polar surface area (TPSA) is 32.3 Å². The molecule has 3 nitrogen and oxygen atoms in total. The van der Waals surface area contributed by atoms with Crippen molar-refractivity contribution in [1.82, 2.24) is 10.2 Å². The van der Waals surface area contributed by atoms with Crippen molar-refractivity contribution in [1.29, 1.82) is 0 Å². The smallest absolute Gasteiger partial charge is 0.254 e. The van der Waals surface area contributed by atoms with Crippen LogP contribution in [-0.4, -0.2) is 37.0 Å². The lowest BCUT2D eigenvalue weighted by Gasteiger charge is -2.28. The quantitative estimate of drug-likeness (QED) is 0.851. The van der Waals surface area contributed by atoms with E-state index in [9.17, 15) is 4.79 Å². The number of hydrogen-bond acceptors (Lipinski definition) is 2. The molecule has 0 bridgehead atoms. The molecule has 1 amide bonds. The Labute approximate surface area is 113 Å². The third-order valence-corrected chi connectivity index (χ3v) is 3.31. The number of halogens is 2. The average Bonchev–Trinajstić information content (AvgIpc) is 2.33. The molecule has 0 unspecified atom stereocenters. The van der Waals surface area contributed by atoms with E-state index in [1.54, 1.807) is 0 Å². The number of carbonyl (C=O) groups is 1. The van der Waals surface area contributed by atoms with Crippen LogP contribution < -0.4 is 5.32 Å². The molecule has 1 N–H and O–H groups in total. The van der Waals surface area contributed by atoms with Gasteiger partial charge in [-0.2, -0.15) is 0 Å². The van der Waals surface area contributed by atoms with Gasteiger partial charge in [0.05, 0.1) is 0 Å². The highest BCUT2D eigenvalue weighted by atomic mass is 35.5. The summed E-state index contributed by atoms with van der Waals surface area (Å²) < 4.78 is 0. The van der Waals surface area contributed by atoms with Gasteiger partial charge in [-0.05, 0) is 24.6 Å². The molecule has 0 atom stereocenters. The summed E-state index contributed by atoms with van der Waals surface area (Å²) in [6.07, 6.45) is 0. The molecule has 0 aliphatic carbocycles. The summed E-state index contributed by atoms with van der Waals surface area (Å²) >= 11 is 6.01. The molecule has 1 saturated heterocycles. The second kappa shape index (κ2) is 6.24. The fourth-order valence-corrected chi connectivity index (χ4v) is 2.05.